The van der Waals surface area contributed by atoms with Crippen molar-refractivity contribution in [2.24, 2.45) is 5.14 Å². The summed E-state index contributed by atoms with van der Waals surface area (Å²) in [5.41, 5.74) is -0.565. The fourth-order valence-corrected chi connectivity index (χ4v) is 2.88. The molecule has 0 saturated carbocycles. The summed E-state index contributed by atoms with van der Waals surface area (Å²) in [6.45, 7) is 6.22. The predicted octanol–water partition coefficient (Wildman–Crippen LogP) is 1.77. The Hall–Kier alpha value is -1.58. The van der Waals surface area contributed by atoms with Crippen LogP contribution >= 0.6 is 11.6 Å². The molecule has 24 heavy (non-hydrogen) atoms. The molecule has 1 aromatic rings. The van der Waals surface area contributed by atoms with E-state index in [1.807, 2.05) is 0 Å². The highest BCUT2D eigenvalue weighted by molar-refractivity contribution is 7.89. The van der Waals surface area contributed by atoms with Crippen LogP contribution in [-0.4, -0.2) is 49.2 Å². The summed E-state index contributed by atoms with van der Waals surface area (Å²) < 4.78 is 33.5. The van der Waals surface area contributed by atoms with E-state index in [4.69, 9.17) is 26.2 Å². The monoisotopic (exact) mass is 377 g/mol. The molecule has 1 aliphatic heterocycles. The van der Waals surface area contributed by atoms with E-state index in [0.29, 0.717) is 19.5 Å². The SMILES string of the molecule is CC(C)(C)OC(=O)N1CCC(Oc2ncc(S(N)(=O)=O)cc2Cl)C1. The molecule has 134 valence electrons. The zero-order valence-corrected chi connectivity index (χ0v) is 15.2. The van der Waals surface area contributed by atoms with Crippen LogP contribution in [0.15, 0.2) is 17.2 Å². The Bertz CT molecular complexity index is 732. The number of pyridine rings is 1. The van der Waals surface area contributed by atoms with Crippen molar-refractivity contribution in [3.05, 3.63) is 17.3 Å². The standard InChI is InChI=1S/C14H20ClN3O5S/c1-14(2,3)23-13(19)18-5-4-9(8-18)22-12-11(15)6-10(7-17-12)24(16,20)21/h6-7,9H,4-5,8H2,1-3H3,(H2,16,20,21). The highest BCUT2D eigenvalue weighted by Gasteiger charge is 2.31. The fraction of sp³-hybridized carbons (Fsp3) is 0.571. The van der Waals surface area contributed by atoms with Crippen molar-refractivity contribution in [3.63, 3.8) is 0 Å². The van der Waals surface area contributed by atoms with Gasteiger partial charge in [0.2, 0.25) is 15.9 Å². The molecule has 1 saturated heterocycles. The van der Waals surface area contributed by atoms with Gasteiger partial charge in [0.1, 0.15) is 21.6 Å². The van der Waals surface area contributed by atoms with E-state index in [0.717, 1.165) is 6.20 Å². The lowest BCUT2D eigenvalue weighted by molar-refractivity contribution is 0.0275. The van der Waals surface area contributed by atoms with Gasteiger partial charge in [-0.1, -0.05) is 11.6 Å². The second-order valence-electron chi connectivity index (χ2n) is 6.46. The van der Waals surface area contributed by atoms with Crippen LogP contribution in [0.3, 0.4) is 0 Å². The van der Waals surface area contributed by atoms with Crippen LogP contribution in [0.4, 0.5) is 4.79 Å². The minimum Gasteiger partial charge on any atom is -0.471 e. The number of hydrogen-bond acceptors (Lipinski definition) is 6. The minimum atomic E-state index is -3.88. The molecule has 0 spiro atoms. The van der Waals surface area contributed by atoms with Crippen LogP contribution in [0.1, 0.15) is 27.2 Å². The lowest BCUT2D eigenvalue weighted by Crippen LogP contribution is -2.36. The molecule has 2 N–H and O–H groups in total. The highest BCUT2D eigenvalue weighted by Crippen LogP contribution is 2.27. The quantitative estimate of drug-likeness (QED) is 0.859. The third-order valence-electron chi connectivity index (χ3n) is 3.19. The molecular weight excluding hydrogens is 358 g/mol. The van der Waals surface area contributed by atoms with Gasteiger partial charge in [0, 0.05) is 13.0 Å². The molecule has 0 bridgehead atoms. The number of primary sulfonamides is 1. The van der Waals surface area contributed by atoms with Crippen LogP contribution in [0.5, 0.6) is 5.88 Å². The zero-order valence-electron chi connectivity index (χ0n) is 13.7. The van der Waals surface area contributed by atoms with E-state index in [1.54, 1.807) is 25.7 Å². The number of rotatable bonds is 3. The zero-order chi connectivity index (χ0) is 18.1. The number of aromatic nitrogens is 1. The molecule has 1 atom stereocenters. The van der Waals surface area contributed by atoms with Crippen LogP contribution in [0.2, 0.25) is 5.02 Å². The van der Waals surface area contributed by atoms with Crippen LogP contribution in [0.25, 0.3) is 0 Å². The third-order valence-corrected chi connectivity index (χ3v) is 4.34. The van der Waals surface area contributed by atoms with Crippen LogP contribution < -0.4 is 9.88 Å². The smallest absolute Gasteiger partial charge is 0.410 e. The van der Waals surface area contributed by atoms with E-state index in [2.05, 4.69) is 4.98 Å². The minimum absolute atomic E-state index is 0.0391. The Balaban J connectivity index is 2.00. The molecule has 2 rings (SSSR count). The molecule has 0 radical (unpaired) electrons. The van der Waals surface area contributed by atoms with Gasteiger partial charge in [0.25, 0.3) is 0 Å². The van der Waals surface area contributed by atoms with Crippen molar-refractivity contribution in [3.8, 4) is 5.88 Å². The molecule has 0 aliphatic carbocycles. The summed E-state index contributed by atoms with van der Waals surface area (Å²) in [6.07, 6.45) is 0.964. The van der Waals surface area contributed by atoms with Crippen molar-refractivity contribution in [2.75, 3.05) is 13.1 Å². The number of ether oxygens (including phenoxy) is 2. The summed E-state index contributed by atoms with van der Waals surface area (Å²) in [4.78, 5) is 17.2. The lowest BCUT2D eigenvalue weighted by Gasteiger charge is -2.24. The Labute approximate surface area is 145 Å². The molecule has 1 aliphatic rings. The number of carbonyl (C=O) groups excluding carboxylic acids is 1. The van der Waals surface area contributed by atoms with E-state index < -0.39 is 21.7 Å². The molecule has 0 aromatic carbocycles. The first kappa shape index (κ1) is 18.8. The first-order valence-electron chi connectivity index (χ1n) is 7.28. The average molecular weight is 378 g/mol. The lowest BCUT2D eigenvalue weighted by atomic mass is 10.2. The van der Waals surface area contributed by atoms with Gasteiger partial charge in [-0.3, -0.25) is 0 Å². The maximum atomic E-state index is 12.0. The molecule has 10 heteroatoms. The summed E-state index contributed by atoms with van der Waals surface area (Å²) in [5.74, 6) is 0.0973. The highest BCUT2D eigenvalue weighted by atomic mass is 35.5. The number of nitrogens with two attached hydrogens (primary N) is 1. The van der Waals surface area contributed by atoms with Crippen molar-refractivity contribution >= 4 is 27.7 Å². The topological polar surface area (TPSA) is 112 Å². The summed E-state index contributed by atoms with van der Waals surface area (Å²) in [6, 6.07) is 1.18. The van der Waals surface area contributed by atoms with Crippen molar-refractivity contribution in [1.29, 1.82) is 0 Å². The van der Waals surface area contributed by atoms with Gasteiger partial charge in [-0.2, -0.15) is 0 Å². The average Bonchev–Trinajstić information content (AvgIpc) is 2.86. The van der Waals surface area contributed by atoms with E-state index in [9.17, 15) is 13.2 Å². The molecular formula is C14H20ClN3O5S. The maximum absolute atomic E-state index is 12.0. The van der Waals surface area contributed by atoms with Crippen LogP contribution in [-0.2, 0) is 14.8 Å². The van der Waals surface area contributed by atoms with E-state index >= 15 is 0 Å². The largest absolute Gasteiger partial charge is 0.471 e. The third kappa shape index (κ3) is 4.96. The van der Waals surface area contributed by atoms with Gasteiger partial charge in [-0.05, 0) is 26.8 Å². The molecule has 1 amide bonds. The first-order valence-corrected chi connectivity index (χ1v) is 9.21. The molecule has 8 nitrogen and oxygen atoms in total. The van der Waals surface area contributed by atoms with E-state index in [-0.39, 0.29) is 21.9 Å². The molecule has 2 heterocycles. The van der Waals surface area contributed by atoms with Gasteiger partial charge in [0.05, 0.1) is 12.7 Å². The Kier molecular flexibility index (Phi) is 5.26. The first-order chi connectivity index (χ1) is 11.0. The Morgan fingerprint density at radius 2 is 2.12 bits per heavy atom. The van der Waals surface area contributed by atoms with Crippen molar-refractivity contribution < 1.29 is 22.7 Å². The second-order valence-corrected chi connectivity index (χ2v) is 8.43. The van der Waals surface area contributed by atoms with Gasteiger partial charge in [-0.15, -0.1) is 0 Å². The van der Waals surface area contributed by atoms with Gasteiger partial charge < -0.3 is 14.4 Å². The number of sulfonamides is 1. The van der Waals surface area contributed by atoms with Gasteiger partial charge in [0.15, 0.2) is 0 Å². The molecule has 1 aromatic heterocycles. The van der Waals surface area contributed by atoms with E-state index in [1.165, 1.54) is 6.07 Å². The van der Waals surface area contributed by atoms with Crippen molar-refractivity contribution in [1.82, 2.24) is 9.88 Å². The number of likely N-dealkylation sites (tertiary alicyclic amines) is 1. The summed E-state index contributed by atoms with van der Waals surface area (Å²) in [5, 5.41) is 5.06. The molecule has 1 fully saturated rings. The summed E-state index contributed by atoms with van der Waals surface area (Å²) in [7, 11) is -3.88. The number of nitrogens with zero attached hydrogens (tertiary/aromatic N) is 2. The number of halogens is 1. The maximum Gasteiger partial charge on any atom is 0.410 e. The van der Waals surface area contributed by atoms with Crippen LogP contribution in [0, 0.1) is 0 Å². The Morgan fingerprint density at radius 1 is 1.46 bits per heavy atom. The normalized spacial score (nSPS) is 18.5. The second kappa shape index (κ2) is 6.73. The van der Waals surface area contributed by atoms with Gasteiger partial charge >= 0.3 is 6.09 Å². The number of carbonyl (C=O) groups is 1. The number of amides is 1. The Morgan fingerprint density at radius 3 is 2.67 bits per heavy atom. The summed E-state index contributed by atoms with van der Waals surface area (Å²) >= 11 is 5.99. The molecule has 1 unspecified atom stereocenters. The van der Waals surface area contributed by atoms with Gasteiger partial charge in [-0.25, -0.2) is 23.3 Å². The predicted molar refractivity (Wildman–Crippen MR) is 87.5 cm³/mol. The number of hydrogen-bond donors (Lipinski definition) is 1. The fourth-order valence-electron chi connectivity index (χ4n) is 2.12. The van der Waals surface area contributed by atoms with Crippen molar-refractivity contribution in [2.45, 2.75) is 43.8 Å².